The molecule has 0 unspecified atom stereocenters. The van der Waals surface area contributed by atoms with E-state index >= 15 is 0 Å². The van der Waals surface area contributed by atoms with E-state index in [1.165, 1.54) is 27.7 Å². The summed E-state index contributed by atoms with van der Waals surface area (Å²) in [5.74, 6) is -1.29. The average Bonchev–Trinajstić information content (AvgIpc) is 4.15. The molecule has 14 nitrogen and oxygen atoms in total. The molecule has 2 aliphatic rings. The number of amides is 4. The van der Waals surface area contributed by atoms with Crippen LogP contribution in [-0.4, -0.2) is 53.5 Å². The monoisotopic (exact) mass is 956 g/mol. The fourth-order valence-corrected chi connectivity index (χ4v) is 9.21. The summed E-state index contributed by atoms with van der Waals surface area (Å²) in [6, 6.07) is 24.7. The van der Waals surface area contributed by atoms with Crippen molar-refractivity contribution in [2.75, 3.05) is 21.3 Å². The highest BCUT2D eigenvalue weighted by atomic mass is 16.2. The Hall–Kier alpha value is -8.78. The fourth-order valence-electron chi connectivity index (χ4n) is 9.21. The van der Waals surface area contributed by atoms with Gasteiger partial charge in [-0.15, -0.1) is 0 Å². The van der Waals surface area contributed by atoms with E-state index in [-0.39, 0.29) is 34.5 Å². The topological polar surface area (TPSA) is 200 Å². The van der Waals surface area contributed by atoms with Crippen molar-refractivity contribution in [2.24, 2.45) is 0 Å². The molecule has 0 fully saturated rings. The highest BCUT2D eigenvalue weighted by Crippen LogP contribution is 2.44. The van der Waals surface area contributed by atoms with Gasteiger partial charge in [0.25, 0.3) is 0 Å². The molecule has 0 saturated heterocycles. The van der Waals surface area contributed by atoms with E-state index in [1.54, 1.807) is 24.8 Å². The molecule has 9 rings (SSSR count). The van der Waals surface area contributed by atoms with Gasteiger partial charge in [0, 0.05) is 83.1 Å². The second-order valence-corrected chi connectivity index (χ2v) is 20.1. The molecular formula is C58H56N10O4. The van der Waals surface area contributed by atoms with Crippen LogP contribution >= 0.6 is 0 Å². The highest BCUT2D eigenvalue weighted by molar-refractivity contribution is 6.10. The number of carbonyl (C=O) groups is 4. The Balaban J connectivity index is 1.51. The molecule has 4 amide bonds. The molecule has 0 saturated carbocycles. The van der Waals surface area contributed by atoms with Crippen molar-refractivity contribution in [3.05, 3.63) is 131 Å². The van der Waals surface area contributed by atoms with Gasteiger partial charge >= 0.3 is 0 Å². The number of carbonyl (C=O) groups excluding carboxylic acids is 4. The molecule has 0 atom stereocenters. The fraction of sp³-hybridized carbons (Fsp3) is 0.207. The van der Waals surface area contributed by atoms with Crippen molar-refractivity contribution in [3.8, 4) is 44.5 Å². The predicted octanol–water partition coefficient (Wildman–Crippen LogP) is 12.5. The predicted molar refractivity (Wildman–Crippen MR) is 291 cm³/mol. The van der Waals surface area contributed by atoms with Crippen LogP contribution in [0, 0.1) is 0 Å². The van der Waals surface area contributed by atoms with Crippen LogP contribution in [-0.2, 0) is 30.0 Å². The Labute approximate surface area is 417 Å². The summed E-state index contributed by atoms with van der Waals surface area (Å²) in [4.78, 5) is 78.8. The first kappa shape index (κ1) is 48.3. The van der Waals surface area contributed by atoms with E-state index in [0.717, 1.165) is 33.4 Å². The first-order valence-corrected chi connectivity index (χ1v) is 23.7. The van der Waals surface area contributed by atoms with Crippen molar-refractivity contribution >= 4 is 92.7 Å². The van der Waals surface area contributed by atoms with Crippen molar-refractivity contribution in [3.63, 3.8) is 0 Å². The maximum Gasteiger partial charge on any atom is 0.221 e. The molecule has 0 aliphatic carbocycles. The lowest BCUT2D eigenvalue weighted by atomic mass is 9.86. The summed E-state index contributed by atoms with van der Waals surface area (Å²) in [5, 5.41) is 11.9. The van der Waals surface area contributed by atoms with Crippen LogP contribution in [0.5, 0.6) is 0 Å². The zero-order valence-electron chi connectivity index (χ0n) is 42.0. The molecule has 2 aromatic carbocycles. The number of H-pyrrole nitrogens is 2. The van der Waals surface area contributed by atoms with Gasteiger partial charge in [0.15, 0.2) is 0 Å². The Morgan fingerprint density at radius 1 is 0.375 bits per heavy atom. The van der Waals surface area contributed by atoms with E-state index in [0.29, 0.717) is 89.8 Å². The van der Waals surface area contributed by atoms with Crippen LogP contribution in [0.15, 0.2) is 97.6 Å². The molecule has 8 bridgehead atoms. The van der Waals surface area contributed by atoms with E-state index in [1.807, 2.05) is 48.6 Å². The van der Waals surface area contributed by atoms with Crippen molar-refractivity contribution < 1.29 is 19.2 Å². The number of hydrogen-bond acceptors (Lipinski definition) is 8. The van der Waals surface area contributed by atoms with E-state index in [2.05, 4.69) is 131 Å². The van der Waals surface area contributed by atoms with Gasteiger partial charge in [-0.3, -0.25) is 29.1 Å². The van der Waals surface area contributed by atoms with Crippen molar-refractivity contribution in [1.82, 2.24) is 29.9 Å². The summed E-state index contributed by atoms with van der Waals surface area (Å²) in [5.41, 5.74) is 14.0. The number of rotatable bonds is 8. The van der Waals surface area contributed by atoms with Crippen LogP contribution in [0.2, 0.25) is 0 Å². The Bertz CT molecular complexity index is 3300. The molecule has 7 heterocycles. The second-order valence-electron chi connectivity index (χ2n) is 20.1. The van der Waals surface area contributed by atoms with Gasteiger partial charge in [0.2, 0.25) is 23.6 Å². The average molecular weight is 957 g/mol. The van der Waals surface area contributed by atoms with Crippen LogP contribution in [0.25, 0.3) is 90.9 Å². The minimum absolute atomic E-state index is 0.111. The largest absolute Gasteiger partial charge is 0.354 e. The number of fused-ring (bicyclic) bond motifs is 8. The Kier molecular flexibility index (Phi) is 12.6. The second kappa shape index (κ2) is 18.9. The minimum Gasteiger partial charge on any atom is -0.354 e. The van der Waals surface area contributed by atoms with Crippen LogP contribution in [0.1, 0.15) is 103 Å². The molecule has 2 aliphatic heterocycles. The standard InChI is InChI=1S/C58H56N10O4/c1-31(69)61-47-27-59-28-48(62-32(2)70)55(47)53-43-23-19-39(65-43)51(35-11-15-37(16-12-35)57(5,6)7)41-21-25-45(67-41)54(56-49(63-33(3)71)29-60-30-50(56)64-34(4)72)46-26-22-42(68-46)52(40-20-24-44(53)66-40)36-13-17-38(18-14-36)58(8,9)10/h11-30,65,68H,1-10H3,(H,61,69)(H,62,70)(H,63,71)(H,64,72). The first-order chi connectivity index (χ1) is 34.2. The normalized spacial score (nSPS) is 12.1. The minimum atomic E-state index is -0.323. The number of hydrogen-bond donors (Lipinski definition) is 6. The SMILES string of the molecule is CC(=O)Nc1cncc(NC(C)=O)c1-c1c2nc(c(-c3ccc(C(C)(C)C)cc3)c3ccc([nH]3)c(-c3c(NC(C)=O)cncc3NC(C)=O)c3nc(c(-c4ccc(C(C)(C)C)cc4)c4ccc1[nH]4)C=C3)C=C2. The maximum atomic E-state index is 12.9. The van der Waals surface area contributed by atoms with Gasteiger partial charge in [-0.25, -0.2) is 9.97 Å². The zero-order chi connectivity index (χ0) is 51.2. The molecule has 5 aromatic heterocycles. The zero-order valence-corrected chi connectivity index (χ0v) is 42.0. The third-order valence-corrected chi connectivity index (χ3v) is 12.5. The number of pyridine rings is 2. The van der Waals surface area contributed by atoms with E-state index in [9.17, 15) is 19.2 Å². The first-order valence-electron chi connectivity index (χ1n) is 23.7. The summed E-state index contributed by atoms with van der Waals surface area (Å²) in [7, 11) is 0. The smallest absolute Gasteiger partial charge is 0.221 e. The van der Waals surface area contributed by atoms with Gasteiger partial charge < -0.3 is 31.2 Å². The summed E-state index contributed by atoms with van der Waals surface area (Å²) < 4.78 is 0. The summed E-state index contributed by atoms with van der Waals surface area (Å²) in [6.07, 6.45) is 14.0. The summed E-state index contributed by atoms with van der Waals surface area (Å²) in [6.45, 7) is 18.7. The van der Waals surface area contributed by atoms with Crippen LogP contribution in [0.3, 0.4) is 0 Å². The number of nitrogens with zero attached hydrogens (tertiary/aromatic N) is 4. The van der Waals surface area contributed by atoms with Crippen LogP contribution < -0.4 is 21.3 Å². The van der Waals surface area contributed by atoms with E-state index in [4.69, 9.17) is 9.97 Å². The lowest BCUT2D eigenvalue weighted by Crippen LogP contribution is -2.12. The molecule has 14 heteroatoms. The van der Waals surface area contributed by atoms with E-state index < -0.39 is 0 Å². The molecule has 7 aromatic rings. The third kappa shape index (κ3) is 9.71. The Morgan fingerprint density at radius 3 is 0.903 bits per heavy atom. The lowest BCUT2D eigenvalue weighted by molar-refractivity contribution is -0.115. The van der Waals surface area contributed by atoms with Gasteiger partial charge in [-0.2, -0.15) is 0 Å². The molecule has 0 radical (unpaired) electrons. The molecule has 0 spiro atoms. The van der Waals surface area contributed by atoms with Crippen molar-refractivity contribution in [2.45, 2.75) is 80.1 Å². The molecule has 362 valence electrons. The number of benzene rings is 2. The van der Waals surface area contributed by atoms with Crippen molar-refractivity contribution in [1.29, 1.82) is 0 Å². The van der Waals surface area contributed by atoms with Gasteiger partial charge in [-0.1, -0.05) is 90.1 Å². The van der Waals surface area contributed by atoms with Gasteiger partial charge in [0.05, 0.1) is 70.3 Å². The maximum absolute atomic E-state index is 12.9. The molecular weight excluding hydrogens is 901 g/mol. The molecule has 72 heavy (non-hydrogen) atoms. The number of aromatic amines is 2. The van der Waals surface area contributed by atoms with Gasteiger partial charge in [-0.05, 0) is 81.7 Å². The Morgan fingerprint density at radius 2 is 0.639 bits per heavy atom. The number of nitrogens with one attached hydrogen (secondary N) is 6. The highest BCUT2D eigenvalue weighted by Gasteiger charge is 2.25. The quantitative estimate of drug-likeness (QED) is 0.0864. The molecule has 6 N–H and O–H groups in total. The lowest BCUT2D eigenvalue weighted by Gasteiger charge is -2.19. The number of anilines is 4. The number of aromatic nitrogens is 6. The van der Waals surface area contributed by atoms with Gasteiger partial charge in [0.1, 0.15) is 0 Å². The summed E-state index contributed by atoms with van der Waals surface area (Å²) >= 11 is 0. The van der Waals surface area contributed by atoms with Crippen LogP contribution in [0.4, 0.5) is 22.7 Å². The third-order valence-electron chi connectivity index (χ3n) is 12.5.